The van der Waals surface area contributed by atoms with Crippen molar-refractivity contribution in [1.82, 2.24) is 9.80 Å². The summed E-state index contributed by atoms with van der Waals surface area (Å²) in [6, 6.07) is 6.71. The van der Waals surface area contributed by atoms with Gasteiger partial charge in [-0.25, -0.2) is 0 Å². The van der Waals surface area contributed by atoms with Gasteiger partial charge in [-0.05, 0) is 49.8 Å². The predicted octanol–water partition coefficient (Wildman–Crippen LogP) is 6.21. The fraction of sp³-hybridized carbons (Fsp3) is 0.774. The smallest absolute Gasteiger partial charge is 0.236 e. The summed E-state index contributed by atoms with van der Waals surface area (Å²) in [5.41, 5.74) is 1.29. The molecule has 3 heterocycles. The number of nitrogens with zero attached hydrogens (tertiary/aromatic N) is 2. The second-order valence-electron chi connectivity index (χ2n) is 11.3. The highest BCUT2D eigenvalue weighted by Gasteiger charge is 2.33. The molecule has 7 heteroatoms. The molecule has 7 nitrogen and oxygen atoms in total. The van der Waals surface area contributed by atoms with E-state index in [1.165, 1.54) is 31.2 Å². The lowest BCUT2D eigenvalue weighted by Crippen LogP contribution is -2.42. The third-order valence-corrected chi connectivity index (χ3v) is 7.77. The molecule has 0 N–H and O–H groups in total. The molecule has 216 valence electrons. The molecule has 1 aromatic carbocycles. The first-order valence-electron chi connectivity index (χ1n) is 15.1. The standard InChI is InChI=1S/C25H40N2O3.C6H12O2/c1-4-6-8-9-10-14-26(13-7-5-2)25(28)18-27-17-22(15-20(27)3)21-11-12-23-24(16-21)30-19-29-23;1-5(2)6-7-3-4-8-6/h11-12,16,20,22H,4-10,13-15,17-19H2,1-3H3;5-6H,3-4H2,1-2H3/t20?,22-;/m1./s1. The van der Waals surface area contributed by atoms with E-state index >= 15 is 0 Å². The molecule has 0 saturated carbocycles. The van der Waals surface area contributed by atoms with Crippen LogP contribution in [-0.2, 0) is 14.3 Å². The first-order valence-corrected chi connectivity index (χ1v) is 15.1. The van der Waals surface area contributed by atoms with E-state index in [9.17, 15) is 4.79 Å². The van der Waals surface area contributed by atoms with Crippen LogP contribution in [0.4, 0.5) is 0 Å². The van der Waals surface area contributed by atoms with Crippen LogP contribution in [0.1, 0.15) is 97.5 Å². The summed E-state index contributed by atoms with van der Waals surface area (Å²) in [5.74, 6) is 2.93. The number of unbranched alkanes of at least 4 members (excludes halogenated alkanes) is 5. The number of hydrogen-bond acceptors (Lipinski definition) is 6. The Morgan fingerprint density at radius 3 is 2.34 bits per heavy atom. The van der Waals surface area contributed by atoms with Crippen LogP contribution in [0.2, 0.25) is 0 Å². The van der Waals surface area contributed by atoms with Crippen LogP contribution in [0.25, 0.3) is 0 Å². The maximum atomic E-state index is 13.1. The molecule has 1 amide bonds. The van der Waals surface area contributed by atoms with Gasteiger partial charge in [0.25, 0.3) is 0 Å². The summed E-state index contributed by atoms with van der Waals surface area (Å²) in [7, 11) is 0. The van der Waals surface area contributed by atoms with Gasteiger partial charge in [-0.15, -0.1) is 0 Å². The molecular formula is C31H52N2O5. The summed E-state index contributed by atoms with van der Waals surface area (Å²) < 4.78 is 21.4. The van der Waals surface area contributed by atoms with Crippen LogP contribution < -0.4 is 9.47 Å². The minimum Gasteiger partial charge on any atom is -0.454 e. The van der Waals surface area contributed by atoms with E-state index in [0.717, 1.165) is 70.0 Å². The van der Waals surface area contributed by atoms with Gasteiger partial charge in [0.05, 0.1) is 19.8 Å². The Morgan fingerprint density at radius 1 is 0.974 bits per heavy atom. The molecule has 1 unspecified atom stereocenters. The molecule has 1 aromatic rings. The van der Waals surface area contributed by atoms with Gasteiger partial charge in [0.2, 0.25) is 12.7 Å². The van der Waals surface area contributed by atoms with E-state index < -0.39 is 0 Å². The Kier molecular flexibility index (Phi) is 13.2. The van der Waals surface area contributed by atoms with E-state index in [2.05, 4.69) is 56.6 Å². The van der Waals surface area contributed by atoms with Crippen molar-refractivity contribution in [2.45, 2.75) is 104 Å². The van der Waals surface area contributed by atoms with Crippen molar-refractivity contribution in [1.29, 1.82) is 0 Å². The molecule has 2 atom stereocenters. The van der Waals surface area contributed by atoms with E-state index in [1.807, 2.05) is 6.07 Å². The lowest BCUT2D eigenvalue weighted by Gasteiger charge is -2.27. The molecule has 3 aliphatic heterocycles. The summed E-state index contributed by atoms with van der Waals surface area (Å²) in [6.07, 6.45) is 9.58. The summed E-state index contributed by atoms with van der Waals surface area (Å²) in [5, 5.41) is 0. The second kappa shape index (κ2) is 16.3. The second-order valence-corrected chi connectivity index (χ2v) is 11.3. The van der Waals surface area contributed by atoms with Crippen LogP contribution in [0.5, 0.6) is 11.5 Å². The average molecular weight is 533 g/mol. The fourth-order valence-corrected chi connectivity index (χ4v) is 5.38. The van der Waals surface area contributed by atoms with E-state index in [1.54, 1.807) is 0 Å². The number of fused-ring (bicyclic) bond motifs is 1. The molecule has 2 saturated heterocycles. The van der Waals surface area contributed by atoms with Crippen LogP contribution in [-0.4, -0.2) is 74.2 Å². The van der Waals surface area contributed by atoms with Crippen LogP contribution in [0, 0.1) is 5.92 Å². The first kappa shape index (κ1) is 30.7. The van der Waals surface area contributed by atoms with Gasteiger partial charge in [0.15, 0.2) is 17.8 Å². The van der Waals surface area contributed by atoms with E-state index in [4.69, 9.17) is 18.9 Å². The molecule has 4 rings (SSSR count). The quantitative estimate of drug-likeness (QED) is 0.282. The Morgan fingerprint density at radius 2 is 1.66 bits per heavy atom. The third kappa shape index (κ3) is 9.42. The van der Waals surface area contributed by atoms with Crippen molar-refractivity contribution in [3.63, 3.8) is 0 Å². The average Bonchev–Trinajstić information content (AvgIpc) is 3.67. The minimum atomic E-state index is 0.0648. The SMILES string of the molecule is CC(C)C1OCCO1.CCCCCCCN(CCCC)C(=O)CN1C[C@H](c2ccc3c(c2)OCO3)CC1C. The van der Waals surface area contributed by atoms with Crippen LogP contribution in [0.3, 0.4) is 0 Å². The predicted molar refractivity (Wildman–Crippen MR) is 152 cm³/mol. The number of carbonyl (C=O) groups excluding carboxylic acids is 1. The van der Waals surface area contributed by atoms with Gasteiger partial charge in [0, 0.05) is 31.6 Å². The number of benzene rings is 1. The van der Waals surface area contributed by atoms with Crippen LogP contribution in [0.15, 0.2) is 18.2 Å². The highest BCUT2D eigenvalue weighted by molar-refractivity contribution is 5.78. The van der Waals surface area contributed by atoms with Gasteiger partial charge in [0.1, 0.15) is 0 Å². The van der Waals surface area contributed by atoms with Crippen molar-refractivity contribution in [2.75, 3.05) is 46.2 Å². The van der Waals surface area contributed by atoms with Crippen molar-refractivity contribution in [3.05, 3.63) is 23.8 Å². The Labute approximate surface area is 231 Å². The molecule has 0 aromatic heterocycles. The molecule has 0 bridgehead atoms. The maximum absolute atomic E-state index is 13.1. The van der Waals surface area contributed by atoms with Gasteiger partial charge in [-0.2, -0.15) is 0 Å². The van der Waals surface area contributed by atoms with Crippen LogP contribution >= 0.6 is 0 Å². The molecule has 0 radical (unpaired) electrons. The molecule has 38 heavy (non-hydrogen) atoms. The highest BCUT2D eigenvalue weighted by atomic mass is 16.7. The zero-order chi connectivity index (χ0) is 27.3. The lowest BCUT2D eigenvalue weighted by atomic mass is 9.96. The summed E-state index contributed by atoms with van der Waals surface area (Å²) in [6.45, 7) is 16.0. The van der Waals surface area contributed by atoms with Gasteiger partial charge in [-0.1, -0.05) is 65.9 Å². The fourth-order valence-electron chi connectivity index (χ4n) is 5.38. The monoisotopic (exact) mass is 532 g/mol. The van der Waals surface area contributed by atoms with Crippen molar-refractivity contribution in [2.24, 2.45) is 5.92 Å². The van der Waals surface area contributed by atoms with E-state index in [0.29, 0.717) is 37.1 Å². The Bertz CT molecular complexity index is 826. The first-order chi connectivity index (χ1) is 18.4. The van der Waals surface area contributed by atoms with Crippen molar-refractivity contribution >= 4 is 5.91 Å². The van der Waals surface area contributed by atoms with Gasteiger partial charge < -0.3 is 23.8 Å². The molecule has 0 spiro atoms. The lowest BCUT2D eigenvalue weighted by molar-refractivity contribution is -0.132. The number of hydrogen-bond donors (Lipinski definition) is 0. The number of amides is 1. The van der Waals surface area contributed by atoms with Gasteiger partial charge in [-0.3, -0.25) is 9.69 Å². The molecule has 3 aliphatic rings. The normalized spacial score (nSPS) is 21.1. The minimum absolute atomic E-state index is 0.0648. The zero-order valence-electron chi connectivity index (χ0n) is 24.6. The maximum Gasteiger partial charge on any atom is 0.236 e. The Hall–Kier alpha value is -1.83. The number of likely N-dealkylation sites (tertiary alicyclic amines) is 1. The third-order valence-electron chi connectivity index (χ3n) is 7.77. The van der Waals surface area contributed by atoms with Gasteiger partial charge >= 0.3 is 0 Å². The molecule has 0 aliphatic carbocycles. The number of ether oxygens (including phenoxy) is 4. The topological polar surface area (TPSA) is 60.5 Å². The summed E-state index contributed by atoms with van der Waals surface area (Å²) >= 11 is 0. The largest absolute Gasteiger partial charge is 0.454 e. The van der Waals surface area contributed by atoms with Crippen molar-refractivity contribution < 1.29 is 23.7 Å². The number of rotatable bonds is 13. The Balaban J connectivity index is 0.000000427. The van der Waals surface area contributed by atoms with Crippen molar-refractivity contribution in [3.8, 4) is 11.5 Å². The van der Waals surface area contributed by atoms with E-state index in [-0.39, 0.29) is 6.29 Å². The summed E-state index contributed by atoms with van der Waals surface area (Å²) in [4.78, 5) is 17.6. The molecular weight excluding hydrogens is 480 g/mol. The highest BCUT2D eigenvalue weighted by Crippen LogP contribution is 2.38. The molecule has 2 fully saturated rings. The number of carbonyl (C=O) groups is 1. The zero-order valence-corrected chi connectivity index (χ0v) is 24.6.